The normalized spacial score (nSPS) is 55.5. The molecule has 0 bridgehead atoms. The zero-order valence-electron chi connectivity index (χ0n) is 5.73. The first-order chi connectivity index (χ1) is 5.46. The Morgan fingerprint density at radius 3 is 1.17 bits per heavy atom. The fraction of sp³-hybridized carbons (Fsp3) is 1.00. The summed E-state index contributed by atoms with van der Waals surface area (Å²) in [6.07, 6.45) is -13.1. The highest BCUT2D eigenvalue weighted by atomic mass is 35.5. The third-order valence-electron chi connectivity index (χ3n) is 1.83. The van der Waals surface area contributed by atoms with E-state index in [4.69, 9.17) is 11.6 Å². The molecule has 0 radical (unpaired) electrons. The van der Waals surface area contributed by atoms with Crippen LogP contribution in [-0.4, -0.2) is 36.2 Å². The van der Waals surface area contributed by atoms with E-state index in [9.17, 15) is 22.0 Å². The lowest BCUT2D eigenvalue weighted by atomic mass is 9.91. The average molecular weight is 209 g/mol. The Labute approximate surface area is 70.7 Å². The zero-order chi connectivity index (χ0) is 9.46. The van der Waals surface area contributed by atoms with E-state index in [1.807, 2.05) is 0 Å². The van der Waals surface area contributed by atoms with Gasteiger partial charge in [-0.1, -0.05) is 0 Å². The summed E-state index contributed by atoms with van der Waals surface area (Å²) in [5.74, 6) is 0. The first-order valence-corrected chi connectivity index (χ1v) is 3.75. The van der Waals surface area contributed by atoms with Crippen LogP contribution < -0.4 is 0 Å². The smallest absolute Gasteiger partial charge is 0.168 e. The molecule has 1 rings (SSSR count). The monoisotopic (exact) mass is 208 g/mol. The minimum atomic E-state index is -2.76. The maximum absolute atomic E-state index is 12.5. The predicted octanol–water partition coefficient (Wildman–Crippen LogP) is 2.30. The van der Waals surface area contributed by atoms with E-state index < -0.39 is 36.2 Å². The lowest BCUT2D eigenvalue weighted by Gasteiger charge is -2.32. The van der Waals surface area contributed by atoms with E-state index in [-0.39, 0.29) is 0 Å². The molecule has 1 aliphatic carbocycles. The molecule has 1 fully saturated rings. The summed E-state index contributed by atoms with van der Waals surface area (Å²) in [4.78, 5) is 0. The van der Waals surface area contributed by atoms with Crippen molar-refractivity contribution in [2.45, 2.75) is 36.2 Å². The van der Waals surface area contributed by atoms with Crippen molar-refractivity contribution in [1.29, 1.82) is 0 Å². The van der Waals surface area contributed by atoms with Crippen LogP contribution in [0.25, 0.3) is 0 Å². The van der Waals surface area contributed by atoms with Crippen molar-refractivity contribution in [3.05, 3.63) is 0 Å². The number of halogens is 6. The van der Waals surface area contributed by atoms with E-state index in [0.717, 1.165) is 0 Å². The van der Waals surface area contributed by atoms with Crippen molar-refractivity contribution in [3.63, 3.8) is 0 Å². The maximum Gasteiger partial charge on any atom is 0.168 e. The first-order valence-electron chi connectivity index (χ1n) is 3.31. The van der Waals surface area contributed by atoms with Gasteiger partial charge in [-0.2, -0.15) is 0 Å². The number of rotatable bonds is 0. The third kappa shape index (κ3) is 1.39. The number of hydrogen-bond donors (Lipinski definition) is 0. The van der Waals surface area contributed by atoms with Crippen molar-refractivity contribution in [3.8, 4) is 0 Å². The Kier molecular flexibility index (Phi) is 2.81. The van der Waals surface area contributed by atoms with Crippen LogP contribution in [0.2, 0.25) is 0 Å². The number of hydrogen-bond acceptors (Lipinski definition) is 0. The minimum Gasteiger partial charge on any atom is -0.242 e. The van der Waals surface area contributed by atoms with E-state index in [0.29, 0.717) is 0 Å². The van der Waals surface area contributed by atoms with Gasteiger partial charge in [0.1, 0.15) is 5.38 Å². The molecular weight excluding hydrogens is 203 g/mol. The van der Waals surface area contributed by atoms with Gasteiger partial charge in [0.05, 0.1) is 0 Å². The summed E-state index contributed by atoms with van der Waals surface area (Å²) in [6, 6.07) is 0. The number of alkyl halides is 6. The van der Waals surface area contributed by atoms with Crippen LogP contribution in [0.4, 0.5) is 22.0 Å². The van der Waals surface area contributed by atoms with Crippen molar-refractivity contribution in [1.82, 2.24) is 0 Å². The largest absolute Gasteiger partial charge is 0.242 e. The molecule has 72 valence electrons. The average Bonchev–Trinajstić information content (AvgIpc) is 2.08. The quantitative estimate of drug-likeness (QED) is 0.423. The molecule has 0 aromatic rings. The molecule has 6 heteroatoms. The lowest BCUT2D eigenvalue weighted by molar-refractivity contribution is -0.0474. The van der Waals surface area contributed by atoms with E-state index in [1.165, 1.54) is 0 Å². The predicted molar refractivity (Wildman–Crippen MR) is 34.1 cm³/mol. The lowest BCUT2D eigenvalue weighted by Crippen LogP contribution is -2.54. The topological polar surface area (TPSA) is 0 Å². The van der Waals surface area contributed by atoms with Crippen molar-refractivity contribution in [2.24, 2.45) is 0 Å². The summed E-state index contributed by atoms with van der Waals surface area (Å²) < 4.78 is 62.1. The van der Waals surface area contributed by atoms with E-state index in [2.05, 4.69) is 0 Å². The molecule has 12 heavy (non-hydrogen) atoms. The Balaban J connectivity index is 2.76. The maximum atomic E-state index is 12.5. The third-order valence-corrected chi connectivity index (χ3v) is 2.31. The fourth-order valence-electron chi connectivity index (χ4n) is 1.05. The van der Waals surface area contributed by atoms with Gasteiger partial charge in [-0.05, 0) is 0 Å². The van der Waals surface area contributed by atoms with Crippen LogP contribution in [-0.2, 0) is 0 Å². The zero-order valence-corrected chi connectivity index (χ0v) is 6.49. The van der Waals surface area contributed by atoms with Gasteiger partial charge in [0.25, 0.3) is 0 Å². The molecule has 4 unspecified atom stereocenters. The molecule has 0 spiro atoms. The molecule has 0 amide bonds. The van der Waals surface area contributed by atoms with Crippen molar-refractivity contribution < 1.29 is 22.0 Å². The molecule has 0 aliphatic heterocycles. The Bertz CT molecular complexity index is 107. The van der Waals surface area contributed by atoms with Crippen LogP contribution in [0.5, 0.6) is 0 Å². The second kappa shape index (κ2) is 3.36. The summed E-state index contributed by atoms with van der Waals surface area (Å²) in [5.41, 5.74) is 0. The van der Waals surface area contributed by atoms with Gasteiger partial charge in [0, 0.05) is 0 Å². The second-order valence-corrected chi connectivity index (χ2v) is 3.17. The van der Waals surface area contributed by atoms with Crippen LogP contribution >= 0.6 is 11.6 Å². The van der Waals surface area contributed by atoms with Crippen LogP contribution in [0.1, 0.15) is 0 Å². The van der Waals surface area contributed by atoms with Crippen LogP contribution in [0.15, 0.2) is 0 Å². The molecule has 0 aromatic carbocycles. The van der Waals surface area contributed by atoms with Crippen LogP contribution in [0, 0.1) is 0 Å². The van der Waals surface area contributed by atoms with Gasteiger partial charge in [-0.25, -0.2) is 22.0 Å². The molecular formula is C6H6ClF5. The molecule has 0 nitrogen and oxygen atoms in total. The van der Waals surface area contributed by atoms with E-state index >= 15 is 0 Å². The van der Waals surface area contributed by atoms with Gasteiger partial charge >= 0.3 is 0 Å². The van der Waals surface area contributed by atoms with Gasteiger partial charge in [0.2, 0.25) is 0 Å². The molecule has 0 saturated heterocycles. The Morgan fingerprint density at radius 1 is 0.583 bits per heavy atom. The molecule has 0 aromatic heterocycles. The molecule has 0 N–H and O–H groups in total. The van der Waals surface area contributed by atoms with Crippen LogP contribution in [0.3, 0.4) is 0 Å². The summed E-state index contributed by atoms with van der Waals surface area (Å²) in [7, 11) is 0. The van der Waals surface area contributed by atoms with Gasteiger partial charge in [-0.15, -0.1) is 11.6 Å². The molecule has 1 aliphatic rings. The highest BCUT2D eigenvalue weighted by Gasteiger charge is 2.52. The van der Waals surface area contributed by atoms with Gasteiger partial charge < -0.3 is 0 Å². The van der Waals surface area contributed by atoms with Gasteiger partial charge in [-0.3, -0.25) is 0 Å². The Morgan fingerprint density at radius 2 is 0.833 bits per heavy atom. The van der Waals surface area contributed by atoms with Crippen molar-refractivity contribution >= 4 is 11.6 Å². The summed E-state index contributed by atoms with van der Waals surface area (Å²) in [5, 5.41) is -1.94. The van der Waals surface area contributed by atoms with Crippen molar-refractivity contribution in [2.75, 3.05) is 0 Å². The Hall–Kier alpha value is -0.0600. The second-order valence-electron chi connectivity index (χ2n) is 2.67. The molecule has 4 atom stereocenters. The molecule has 0 heterocycles. The first kappa shape index (κ1) is 10.0. The van der Waals surface area contributed by atoms with E-state index in [1.54, 1.807) is 0 Å². The highest BCUT2D eigenvalue weighted by molar-refractivity contribution is 6.21. The molecule has 1 saturated carbocycles. The van der Waals surface area contributed by atoms with Gasteiger partial charge in [0.15, 0.2) is 30.9 Å². The summed E-state index contributed by atoms with van der Waals surface area (Å²) in [6.45, 7) is 0. The fourth-order valence-corrected chi connectivity index (χ4v) is 1.33. The minimum absolute atomic E-state index is 1.94. The standard InChI is InChI=1S/C6H6ClF5/c7-1-2(8)4(10)6(12)5(11)3(1)9/h1-6H. The SMILES string of the molecule is FC1C(F)C(F)C(Cl)C(F)C1F. The summed E-state index contributed by atoms with van der Waals surface area (Å²) >= 11 is 4.98. The highest BCUT2D eigenvalue weighted by Crippen LogP contribution is 2.34.